The topological polar surface area (TPSA) is 58.4 Å². The first kappa shape index (κ1) is 18.6. The summed E-state index contributed by atoms with van der Waals surface area (Å²) in [7, 11) is 0. The highest BCUT2D eigenvalue weighted by Gasteiger charge is 2.22. The minimum absolute atomic E-state index is 0.224. The van der Waals surface area contributed by atoms with E-state index in [1.807, 2.05) is 0 Å². The number of benzene rings is 1. The summed E-state index contributed by atoms with van der Waals surface area (Å²) in [6.45, 7) is 7.27. The summed E-state index contributed by atoms with van der Waals surface area (Å²) in [6, 6.07) is 8.46. The molecule has 5 nitrogen and oxygen atoms in total. The monoisotopic (exact) mass is 359 g/mol. The van der Waals surface area contributed by atoms with Gasteiger partial charge in [-0.05, 0) is 63.4 Å². The van der Waals surface area contributed by atoms with Crippen molar-refractivity contribution in [1.29, 1.82) is 0 Å². The molecule has 1 aliphatic heterocycles. The van der Waals surface area contributed by atoms with Crippen molar-refractivity contribution in [3.8, 4) is 0 Å². The lowest BCUT2D eigenvalue weighted by molar-refractivity contribution is 0.0893. The Kier molecular flexibility index (Phi) is 6.04. The lowest BCUT2D eigenvalue weighted by Crippen LogP contribution is -2.41. The number of nitrogens with one attached hydrogen (secondary N) is 1. The van der Waals surface area contributed by atoms with E-state index in [0.717, 1.165) is 31.5 Å². The average molecular weight is 359 g/mol. The molecule has 0 spiro atoms. The number of halogens is 1. The standard InChI is InChI=1S/C20H26FN3O2/c1-14(2)24-9-7-16(8-10-24)13-22-20(25)19-12-18(23-26-19)11-15-3-5-17(21)6-4-15/h3-6,12,14,16H,7-11,13H2,1-2H3,(H,22,25). The Hall–Kier alpha value is -2.21. The third-order valence-corrected chi connectivity index (χ3v) is 5.01. The van der Waals surface area contributed by atoms with E-state index >= 15 is 0 Å². The van der Waals surface area contributed by atoms with E-state index in [0.29, 0.717) is 30.6 Å². The van der Waals surface area contributed by atoms with Gasteiger partial charge in [0.05, 0.1) is 5.69 Å². The van der Waals surface area contributed by atoms with Gasteiger partial charge >= 0.3 is 0 Å². The summed E-state index contributed by atoms with van der Waals surface area (Å²) in [5.41, 5.74) is 1.58. The molecule has 26 heavy (non-hydrogen) atoms. The van der Waals surface area contributed by atoms with Gasteiger partial charge in [-0.1, -0.05) is 17.3 Å². The van der Waals surface area contributed by atoms with Gasteiger partial charge in [0, 0.05) is 25.1 Å². The van der Waals surface area contributed by atoms with E-state index < -0.39 is 0 Å². The molecule has 1 N–H and O–H groups in total. The number of carbonyl (C=O) groups excluding carboxylic acids is 1. The quantitative estimate of drug-likeness (QED) is 0.860. The summed E-state index contributed by atoms with van der Waals surface area (Å²) < 4.78 is 18.1. The molecular formula is C20H26FN3O2. The Labute approximate surface area is 153 Å². The molecule has 1 aromatic carbocycles. The lowest BCUT2D eigenvalue weighted by atomic mass is 9.96. The lowest BCUT2D eigenvalue weighted by Gasteiger charge is -2.34. The van der Waals surface area contributed by atoms with Crippen LogP contribution in [0.2, 0.25) is 0 Å². The zero-order valence-corrected chi connectivity index (χ0v) is 15.4. The number of aromatic nitrogens is 1. The van der Waals surface area contributed by atoms with E-state index in [2.05, 4.69) is 29.2 Å². The molecule has 0 aliphatic carbocycles. The predicted molar refractivity (Wildman–Crippen MR) is 97.5 cm³/mol. The van der Waals surface area contributed by atoms with E-state index in [1.54, 1.807) is 18.2 Å². The Balaban J connectivity index is 1.47. The third-order valence-electron chi connectivity index (χ3n) is 5.01. The molecule has 1 saturated heterocycles. The Morgan fingerprint density at radius 2 is 2.00 bits per heavy atom. The van der Waals surface area contributed by atoms with Crippen LogP contribution in [0.1, 0.15) is 48.5 Å². The summed E-state index contributed by atoms with van der Waals surface area (Å²) in [5, 5.41) is 6.90. The van der Waals surface area contributed by atoms with Crippen molar-refractivity contribution < 1.29 is 13.7 Å². The molecule has 1 aliphatic rings. The number of amides is 1. The highest BCUT2D eigenvalue weighted by molar-refractivity contribution is 5.91. The van der Waals surface area contributed by atoms with Crippen molar-refractivity contribution in [1.82, 2.24) is 15.4 Å². The average Bonchev–Trinajstić information content (AvgIpc) is 3.10. The van der Waals surface area contributed by atoms with Crippen LogP contribution >= 0.6 is 0 Å². The molecule has 0 unspecified atom stereocenters. The third kappa shape index (κ3) is 4.91. The van der Waals surface area contributed by atoms with Gasteiger partial charge in [-0.2, -0.15) is 0 Å². The zero-order chi connectivity index (χ0) is 18.5. The van der Waals surface area contributed by atoms with Crippen molar-refractivity contribution in [2.75, 3.05) is 19.6 Å². The Morgan fingerprint density at radius 1 is 1.31 bits per heavy atom. The molecule has 1 amide bonds. The minimum Gasteiger partial charge on any atom is -0.351 e. The minimum atomic E-state index is -0.270. The van der Waals surface area contributed by atoms with E-state index in [-0.39, 0.29) is 17.5 Å². The summed E-state index contributed by atoms with van der Waals surface area (Å²) in [4.78, 5) is 14.7. The fourth-order valence-corrected chi connectivity index (χ4v) is 3.31. The van der Waals surface area contributed by atoms with Crippen LogP contribution in [0.25, 0.3) is 0 Å². The van der Waals surface area contributed by atoms with Gasteiger partial charge in [-0.15, -0.1) is 0 Å². The van der Waals surface area contributed by atoms with Crippen LogP contribution in [-0.2, 0) is 6.42 Å². The number of likely N-dealkylation sites (tertiary alicyclic amines) is 1. The largest absolute Gasteiger partial charge is 0.351 e. The molecule has 1 aromatic heterocycles. The van der Waals surface area contributed by atoms with Crippen molar-refractivity contribution in [2.45, 2.75) is 39.2 Å². The van der Waals surface area contributed by atoms with Gasteiger partial charge < -0.3 is 14.7 Å². The fraction of sp³-hybridized carbons (Fsp3) is 0.500. The molecular weight excluding hydrogens is 333 g/mol. The van der Waals surface area contributed by atoms with Crippen LogP contribution in [0, 0.1) is 11.7 Å². The number of hydrogen-bond donors (Lipinski definition) is 1. The van der Waals surface area contributed by atoms with Gasteiger partial charge in [0.15, 0.2) is 0 Å². The number of piperidine rings is 1. The smallest absolute Gasteiger partial charge is 0.289 e. The van der Waals surface area contributed by atoms with Crippen LogP contribution in [0.5, 0.6) is 0 Å². The van der Waals surface area contributed by atoms with E-state index in [1.165, 1.54) is 12.1 Å². The molecule has 0 radical (unpaired) electrons. The van der Waals surface area contributed by atoms with Crippen LogP contribution in [0.15, 0.2) is 34.9 Å². The first-order chi connectivity index (χ1) is 12.5. The summed E-state index contributed by atoms with van der Waals surface area (Å²) >= 11 is 0. The molecule has 0 saturated carbocycles. The first-order valence-electron chi connectivity index (χ1n) is 9.23. The van der Waals surface area contributed by atoms with Crippen LogP contribution < -0.4 is 5.32 Å². The molecule has 0 bridgehead atoms. The van der Waals surface area contributed by atoms with Crippen molar-refractivity contribution in [3.05, 3.63) is 53.2 Å². The number of carbonyl (C=O) groups is 1. The SMILES string of the molecule is CC(C)N1CCC(CNC(=O)c2cc(Cc3ccc(F)cc3)no2)CC1. The van der Waals surface area contributed by atoms with Gasteiger partial charge in [-0.25, -0.2) is 4.39 Å². The Bertz CT molecular complexity index is 719. The molecule has 2 aromatic rings. The van der Waals surface area contributed by atoms with Gasteiger partial charge in [-0.3, -0.25) is 4.79 Å². The molecule has 0 atom stereocenters. The second-order valence-corrected chi connectivity index (χ2v) is 7.27. The number of nitrogens with zero attached hydrogens (tertiary/aromatic N) is 2. The van der Waals surface area contributed by atoms with Gasteiger partial charge in [0.1, 0.15) is 5.82 Å². The van der Waals surface area contributed by atoms with Crippen molar-refractivity contribution >= 4 is 5.91 Å². The highest BCUT2D eigenvalue weighted by Crippen LogP contribution is 2.18. The first-order valence-corrected chi connectivity index (χ1v) is 9.23. The maximum absolute atomic E-state index is 12.9. The number of rotatable bonds is 6. The zero-order valence-electron chi connectivity index (χ0n) is 15.4. The van der Waals surface area contributed by atoms with Gasteiger partial charge in [0.2, 0.25) is 5.76 Å². The normalized spacial score (nSPS) is 16.2. The van der Waals surface area contributed by atoms with E-state index in [9.17, 15) is 9.18 Å². The second-order valence-electron chi connectivity index (χ2n) is 7.27. The molecule has 3 rings (SSSR count). The maximum Gasteiger partial charge on any atom is 0.289 e. The molecule has 6 heteroatoms. The second kappa shape index (κ2) is 8.45. The highest BCUT2D eigenvalue weighted by atomic mass is 19.1. The molecule has 1 fully saturated rings. The van der Waals surface area contributed by atoms with Crippen LogP contribution in [0.3, 0.4) is 0 Å². The summed E-state index contributed by atoms with van der Waals surface area (Å²) in [6.07, 6.45) is 2.71. The van der Waals surface area contributed by atoms with Crippen LogP contribution in [-0.4, -0.2) is 41.6 Å². The van der Waals surface area contributed by atoms with E-state index in [4.69, 9.17) is 4.52 Å². The van der Waals surface area contributed by atoms with Gasteiger partial charge in [0.25, 0.3) is 5.91 Å². The number of hydrogen-bond acceptors (Lipinski definition) is 4. The van der Waals surface area contributed by atoms with Crippen molar-refractivity contribution in [3.63, 3.8) is 0 Å². The molecule has 140 valence electrons. The Morgan fingerprint density at radius 3 is 2.65 bits per heavy atom. The summed E-state index contributed by atoms with van der Waals surface area (Å²) in [5.74, 6) is 0.236. The van der Waals surface area contributed by atoms with Crippen LogP contribution in [0.4, 0.5) is 4.39 Å². The maximum atomic E-state index is 12.9. The predicted octanol–water partition coefficient (Wildman–Crippen LogP) is 3.25. The molecule has 2 heterocycles. The fourth-order valence-electron chi connectivity index (χ4n) is 3.31. The van der Waals surface area contributed by atoms with Crippen molar-refractivity contribution in [2.24, 2.45) is 5.92 Å².